The van der Waals surface area contributed by atoms with Gasteiger partial charge in [0.25, 0.3) is 0 Å². The summed E-state index contributed by atoms with van der Waals surface area (Å²) in [5, 5.41) is 0. The molecule has 118 valence electrons. The molecule has 1 aromatic carbocycles. The predicted octanol–water partition coefficient (Wildman–Crippen LogP) is 2.68. The molecule has 0 unspecified atom stereocenters. The average molecular weight is 301 g/mol. The SMILES string of the molecule is C=C(c1ccc(F)cc1CC1CC1)N1CC2(CC(NN)C2)C1. The number of hydrogen-bond donors (Lipinski definition) is 2. The van der Waals surface area contributed by atoms with Crippen LogP contribution in [-0.4, -0.2) is 24.0 Å². The van der Waals surface area contributed by atoms with Crippen LogP contribution in [0, 0.1) is 17.2 Å². The predicted molar refractivity (Wildman–Crippen MR) is 86.2 cm³/mol. The molecule has 4 rings (SSSR count). The molecule has 3 N–H and O–H groups in total. The maximum absolute atomic E-state index is 13.6. The minimum Gasteiger partial charge on any atom is -0.370 e. The highest BCUT2D eigenvalue weighted by Crippen LogP contribution is 2.50. The van der Waals surface area contributed by atoms with Crippen LogP contribution in [0.2, 0.25) is 0 Å². The summed E-state index contributed by atoms with van der Waals surface area (Å²) in [4.78, 5) is 2.34. The Morgan fingerprint density at radius 1 is 1.36 bits per heavy atom. The number of halogens is 1. The molecule has 2 saturated carbocycles. The third-order valence-corrected chi connectivity index (χ3v) is 5.61. The Bertz CT molecular complexity index is 594. The molecule has 1 spiro atoms. The lowest BCUT2D eigenvalue weighted by atomic mass is 9.60. The minimum atomic E-state index is -0.136. The van der Waals surface area contributed by atoms with Gasteiger partial charge < -0.3 is 4.90 Å². The standard InChI is InChI=1S/C18H24FN3/c1-12(22-10-18(11-22)8-16(9-18)21-20)17-5-4-15(19)7-14(17)6-13-2-3-13/h4-5,7,13,16,21H,1-3,6,8-11,20H2. The lowest BCUT2D eigenvalue weighted by Gasteiger charge is -2.60. The van der Waals surface area contributed by atoms with E-state index in [2.05, 4.69) is 16.9 Å². The van der Waals surface area contributed by atoms with E-state index in [0.717, 1.165) is 55.1 Å². The highest BCUT2D eigenvalue weighted by molar-refractivity contribution is 5.66. The largest absolute Gasteiger partial charge is 0.370 e. The number of hydrazine groups is 1. The van der Waals surface area contributed by atoms with Gasteiger partial charge in [-0.15, -0.1) is 0 Å². The van der Waals surface area contributed by atoms with Crippen LogP contribution in [0.4, 0.5) is 4.39 Å². The maximum atomic E-state index is 13.6. The molecule has 1 aliphatic heterocycles. The third-order valence-electron chi connectivity index (χ3n) is 5.61. The minimum absolute atomic E-state index is 0.136. The molecule has 1 saturated heterocycles. The average Bonchev–Trinajstić information content (AvgIpc) is 3.19. The quantitative estimate of drug-likeness (QED) is 0.649. The number of nitrogens with one attached hydrogen (secondary N) is 1. The van der Waals surface area contributed by atoms with E-state index in [1.165, 1.54) is 12.8 Å². The molecule has 1 aromatic rings. The number of hydrogen-bond acceptors (Lipinski definition) is 3. The van der Waals surface area contributed by atoms with Gasteiger partial charge in [-0.05, 0) is 61.8 Å². The fraction of sp³-hybridized carbons (Fsp3) is 0.556. The summed E-state index contributed by atoms with van der Waals surface area (Å²) >= 11 is 0. The highest BCUT2D eigenvalue weighted by Gasteiger charge is 2.52. The van der Waals surface area contributed by atoms with Crippen LogP contribution < -0.4 is 11.3 Å². The van der Waals surface area contributed by atoms with Crippen molar-refractivity contribution >= 4 is 5.70 Å². The fourth-order valence-corrected chi connectivity index (χ4v) is 4.13. The van der Waals surface area contributed by atoms with Crippen LogP contribution in [-0.2, 0) is 6.42 Å². The summed E-state index contributed by atoms with van der Waals surface area (Å²) in [6, 6.07) is 5.65. The van der Waals surface area contributed by atoms with E-state index in [1.54, 1.807) is 12.1 Å². The van der Waals surface area contributed by atoms with Gasteiger partial charge in [-0.3, -0.25) is 11.3 Å². The molecular formula is C18H24FN3. The van der Waals surface area contributed by atoms with Crippen molar-refractivity contribution in [2.45, 2.75) is 38.1 Å². The summed E-state index contributed by atoms with van der Waals surface area (Å²) in [6.45, 7) is 6.41. The first-order valence-corrected chi connectivity index (χ1v) is 8.27. The zero-order valence-corrected chi connectivity index (χ0v) is 12.9. The zero-order valence-electron chi connectivity index (χ0n) is 12.9. The van der Waals surface area contributed by atoms with Crippen LogP contribution in [0.5, 0.6) is 0 Å². The third kappa shape index (κ3) is 2.44. The summed E-state index contributed by atoms with van der Waals surface area (Å²) in [7, 11) is 0. The topological polar surface area (TPSA) is 41.3 Å². The lowest BCUT2D eigenvalue weighted by Crippen LogP contribution is -2.66. The van der Waals surface area contributed by atoms with Crippen molar-refractivity contribution in [3.8, 4) is 0 Å². The molecule has 2 aliphatic carbocycles. The Hall–Kier alpha value is -1.39. The maximum Gasteiger partial charge on any atom is 0.123 e. The molecule has 0 bridgehead atoms. The van der Waals surface area contributed by atoms with E-state index >= 15 is 0 Å². The van der Waals surface area contributed by atoms with Gasteiger partial charge in [0, 0.05) is 35.8 Å². The number of benzene rings is 1. The van der Waals surface area contributed by atoms with Gasteiger partial charge in [0.1, 0.15) is 5.82 Å². The molecular weight excluding hydrogens is 277 g/mol. The van der Waals surface area contributed by atoms with Gasteiger partial charge in [0.15, 0.2) is 0 Å². The van der Waals surface area contributed by atoms with Crippen molar-refractivity contribution < 1.29 is 4.39 Å². The summed E-state index contributed by atoms with van der Waals surface area (Å²) in [5.41, 5.74) is 6.63. The second kappa shape index (κ2) is 5.07. The van der Waals surface area contributed by atoms with Gasteiger partial charge in [0.2, 0.25) is 0 Å². The molecule has 3 aliphatic rings. The lowest BCUT2D eigenvalue weighted by molar-refractivity contribution is -0.0469. The van der Waals surface area contributed by atoms with Crippen LogP contribution in [0.1, 0.15) is 36.8 Å². The molecule has 4 heteroatoms. The van der Waals surface area contributed by atoms with Crippen molar-refractivity contribution in [1.82, 2.24) is 10.3 Å². The summed E-state index contributed by atoms with van der Waals surface area (Å²) in [6.07, 6.45) is 5.87. The molecule has 3 nitrogen and oxygen atoms in total. The molecule has 22 heavy (non-hydrogen) atoms. The zero-order chi connectivity index (χ0) is 15.3. The Kier molecular flexibility index (Phi) is 3.27. The van der Waals surface area contributed by atoms with Crippen molar-refractivity contribution in [2.24, 2.45) is 17.2 Å². The second-order valence-electron chi connectivity index (χ2n) is 7.52. The van der Waals surface area contributed by atoms with Crippen molar-refractivity contribution in [3.63, 3.8) is 0 Å². The first kappa shape index (κ1) is 14.2. The number of nitrogens with zero attached hydrogens (tertiary/aromatic N) is 1. The first-order valence-electron chi connectivity index (χ1n) is 8.27. The fourth-order valence-electron chi connectivity index (χ4n) is 4.13. The normalized spacial score (nSPS) is 23.3. The Morgan fingerprint density at radius 3 is 2.73 bits per heavy atom. The van der Waals surface area contributed by atoms with E-state index in [1.807, 2.05) is 6.07 Å². The van der Waals surface area contributed by atoms with Gasteiger partial charge in [-0.1, -0.05) is 6.58 Å². The van der Waals surface area contributed by atoms with Gasteiger partial charge in [-0.25, -0.2) is 4.39 Å². The molecule has 0 amide bonds. The van der Waals surface area contributed by atoms with Crippen molar-refractivity contribution in [3.05, 3.63) is 41.7 Å². The van der Waals surface area contributed by atoms with Crippen LogP contribution in [0.15, 0.2) is 24.8 Å². The molecule has 0 radical (unpaired) electrons. The molecule has 3 fully saturated rings. The molecule has 1 heterocycles. The summed E-state index contributed by atoms with van der Waals surface area (Å²) in [5.74, 6) is 6.10. The number of likely N-dealkylation sites (tertiary alicyclic amines) is 1. The van der Waals surface area contributed by atoms with Crippen LogP contribution in [0.25, 0.3) is 5.70 Å². The second-order valence-corrected chi connectivity index (χ2v) is 7.52. The smallest absolute Gasteiger partial charge is 0.123 e. The Balaban J connectivity index is 1.45. The summed E-state index contributed by atoms with van der Waals surface area (Å²) < 4.78 is 13.6. The number of nitrogens with two attached hydrogens (primary N) is 1. The van der Waals surface area contributed by atoms with Crippen molar-refractivity contribution in [1.29, 1.82) is 0 Å². The molecule has 0 atom stereocenters. The Labute approximate surface area is 131 Å². The monoisotopic (exact) mass is 301 g/mol. The van der Waals surface area contributed by atoms with Gasteiger partial charge >= 0.3 is 0 Å². The molecule has 0 aromatic heterocycles. The van der Waals surface area contributed by atoms with Gasteiger partial charge in [0.05, 0.1) is 0 Å². The van der Waals surface area contributed by atoms with E-state index < -0.39 is 0 Å². The number of rotatable bonds is 5. The van der Waals surface area contributed by atoms with E-state index in [0.29, 0.717) is 11.5 Å². The van der Waals surface area contributed by atoms with Crippen LogP contribution in [0.3, 0.4) is 0 Å². The Morgan fingerprint density at radius 2 is 2.09 bits per heavy atom. The van der Waals surface area contributed by atoms with E-state index in [9.17, 15) is 4.39 Å². The first-order chi connectivity index (χ1) is 10.6. The van der Waals surface area contributed by atoms with Crippen LogP contribution >= 0.6 is 0 Å². The highest BCUT2D eigenvalue weighted by atomic mass is 19.1. The van der Waals surface area contributed by atoms with Crippen molar-refractivity contribution in [2.75, 3.05) is 13.1 Å². The van der Waals surface area contributed by atoms with E-state index in [4.69, 9.17) is 5.84 Å². The van der Waals surface area contributed by atoms with Gasteiger partial charge in [-0.2, -0.15) is 0 Å². The van der Waals surface area contributed by atoms with E-state index in [-0.39, 0.29) is 5.82 Å².